The molecule has 0 spiro atoms. The average molecular weight is 467 g/mol. The van der Waals surface area contributed by atoms with Crippen LogP contribution in [-0.2, 0) is 11.3 Å². The summed E-state index contributed by atoms with van der Waals surface area (Å²) in [6.45, 7) is 3.68. The van der Waals surface area contributed by atoms with E-state index in [4.69, 9.17) is 23.2 Å². The number of piperazine rings is 1. The van der Waals surface area contributed by atoms with Gasteiger partial charge in [-0.05, 0) is 25.1 Å². The summed E-state index contributed by atoms with van der Waals surface area (Å²) in [5.41, 5.74) is -0.670. The molecule has 1 amide bonds. The van der Waals surface area contributed by atoms with E-state index in [-0.39, 0.29) is 0 Å². The standard InChI is InChI=1S/C19H20Cl2F4N4O/c1-11(29-16(18(24)25)9-15(26-29)17(22)23)19(30)28-7-5-27(6-8-28)10-12-13(20)3-2-4-14(12)21/h2-4,9,11,17-18H,5-8,10H2,1H3. The molecule has 2 heterocycles. The fourth-order valence-electron chi connectivity index (χ4n) is 3.41. The molecule has 1 saturated heterocycles. The van der Waals surface area contributed by atoms with Crippen LogP contribution in [0.25, 0.3) is 0 Å². The third-order valence-corrected chi connectivity index (χ3v) is 5.79. The van der Waals surface area contributed by atoms with Gasteiger partial charge in [0.15, 0.2) is 0 Å². The van der Waals surface area contributed by atoms with Gasteiger partial charge in [0, 0.05) is 48.3 Å². The van der Waals surface area contributed by atoms with E-state index in [0.717, 1.165) is 5.56 Å². The SMILES string of the molecule is CC(C(=O)N1CCN(Cc2c(Cl)cccc2Cl)CC1)n1nc(C(F)F)cc1C(F)F. The van der Waals surface area contributed by atoms with Crippen molar-refractivity contribution < 1.29 is 22.4 Å². The van der Waals surface area contributed by atoms with Gasteiger partial charge in [-0.2, -0.15) is 5.10 Å². The summed E-state index contributed by atoms with van der Waals surface area (Å²) in [5.74, 6) is -0.448. The summed E-state index contributed by atoms with van der Waals surface area (Å²) in [5, 5.41) is 4.65. The second kappa shape index (κ2) is 9.53. The summed E-state index contributed by atoms with van der Waals surface area (Å²) in [4.78, 5) is 16.4. The number of benzene rings is 1. The van der Waals surface area contributed by atoms with Crippen LogP contribution in [0.4, 0.5) is 17.6 Å². The molecule has 3 rings (SSSR count). The van der Waals surface area contributed by atoms with Gasteiger partial charge < -0.3 is 4.90 Å². The molecule has 2 aromatic rings. The second-order valence-electron chi connectivity index (χ2n) is 7.02. The van der Waals surface area contributed by atoms with E-state index < -0.39 is 36.2 Å². The molecule has 1 aromatic carbocycles. The Morgan fingerprint density at radius 3 is 2.20 bits per heavy atom. The van der Waals surface area contributed by atoms with Crippen LogP contribution in [0.5, 0.6) is 0 Å². The van der Waals surface area contributed by atoms with E-state index in [1.807, 2.05) is 0 Å². The van der Waals surface area contributed by atoms with Crippen LogP contribution in [0, 0.1) is 0 Å². The maximum Gasteiger partial charge on any atom is 0.282 e. The highest BCUT2D eigenvalue weighted by atomic mass is 35.5. The zero-order valence-electron chi connectivity index (χ0n) is 16.0. The summed E-state index contributed by atoms with van der Waals surface area (Å²) in [6.07, 6.45) is -6.01. The fraction of sp³-hybridized carbons (Fsp3) is 0.474. The summed E-state index contributed by atoms with van der Waals surface area (Å²) in [7, 11) is 0. The number of hydrogen-bond donors (Lipinski definition) is 0. The van der Waals surface area contributed by atoms with Gasteiger partial charge in [0.05, 0.1) is 0 Å². The minimum Gasteiger partial charge on any atom is -0.338 e. The van der Waals surface area contributed by atoms with Crippen LogP contribution in [0.2, 0.25) is 10.0 Å². The van der Waals surface area contributed by atoms with Crippen molar-refractivity contribution in [2.75, 3.05) is 26.2 Å². The Labute approximate surface area is 181 Å². The molecule has 1 aliphatic heterocycles. The van der Waals surface area contributed by atoms with E-state index in [0.29, 0.717) is 53.5 Å². The average Bonchev–Trinajstić information content (AvgIpc) is 3.16. The maximum atomic E-state index is 13.2. The highest BCUT2D eigenvalue weighted by Gasteiger charge is 2.31. The predicted molar refractivity (Wildman–Crippen MR) is 105 cm³/mol. The smallest absolute Gasteiger partial charge is 0.282 e. The molecule has 30 heavy (non-hydrogen) atoms. The zero-order chi connectivity index (χ0) is 22.0. The number of halogens is 6. The van der Waals surface area contributed by atoms with Crippen molar-refractivity contribution >= 4 is 29.1 Å². The highest BCUT2D eigenvalue weighted by Crippen LogP contribution is 2.29. The lowest BCUT2D eigenvalue weighted by Gasteiger charge is -2.36. The minimum atomic E-state index is -3.02. The van der Waals surface area contributed by atoms with Gasteiger partial charge in [0.25, 0.3) is 12.9 Å². The third kappa shape index (κ3) is 4.90. The normalized spacial score (nSPS) is 16.5. The largest absolute Gasteiger partial charge is 0.338 e. The number of aromatic nitrogens is 2. The van der Waals surface area contributed by atoms with Crippen molar-refractivity contribution in [3.8, 4) is 0 Å². The molecule has 0 aliphatic carbocycles. The number of rotatable bonds is 6. The molecule has 1 atom stereocenters. The Balaban J connectivity index is 1.65. The Bertz CT molecular complexity index is 880. The third-order valence-electron chi connectivity index (χ3n) is 5.08. The lowest BCUT2D eigenvalue weighted by atomic mass is 10.2. The molecule has 1 aliphatic rings. The zero-order valence-corrected chi connectivity index (χ0v) is 17.6. The molecule has 1 aromatic heterocycles. The Kier molecular flexibility index (Phi) is 7.26. The van der Waals surface area contributed by atoms with Crippen molar-refractivity contribution in [2.24, 2.45) is 0 Å². The molecule has 0 bridgehead atoms. The molecule has 0 N–H and O–H groups in total. The van der Waals surface area contributed by atoms with Gasteiger partial charge in [0.1, 0.15) is 17.4 Å². The number of carbonyl (C=O) groups excluding carboxylic acids is 1. The number of amides is 1. The number of carbonyl (C=O) groups is 1. The van der Waals surface area contributed by atoms with Crippen molar-refractivity contribution in [3.05, 3.63) is 51.3 Å². The first-order valence-corrected chi connectivity index (χ1v) is 10.0. The molecule has 0 saturated carbocycles. The molecular weight excluding hydrogens is 447 g/mol. The fourth-order valence-corrected chi connectivity index (χ4v) is 3.93. The Hall–Kier alpha value is -1.84. The van der Waals surface area contributed by atoms with Gasteiger partial charge in [-0.15, -0.1) is 0 Å². The number of alkyl halides is 4. The Morgan fingerprint density at radius 2 is 1.67 bits per heavy atom. The lowest BCUT2D eigenvalue weighted by molar-refractivity contribution is -0.136. The first-order valence-electron chi connectivity index (χ1n) is 9.28. The van der Waals surface area contributed by atoms with Crippen LogP contribution >= 0.6 is 23.2 Å². The second-order valence-corrected chi connectivity index (χ2v) is 7.83. The monoisotopic (exact) mass is 466 g/mol. The summed E-state index contributed by atoms with van der Waals surface area (Å²) >= 11 is 12.4. The molecule has 1 unspecified atom stereocenters. The first-order chi connectivity index (χ1) is 14.2. The Morgan fingerprint density at radius 1 is 1.07 bits per heavy atom. The van der Waals surface area contributed by atoms with Gasteiger partial charge in [0.2, 0.25) is 5.91 Å². The predicted octanol–water partition coefficient (Wildman–Crippen LogP) is 4.97. The van der Waals surface area contributed by atoms with Gasteiger partial charge in [-0.25, -0.2) is 17.6 Å². The summed E-state index contributed by atoms with van der Waals surface area (Å²) < 4.78 is 52.9. The molecule has 1 fully saturated rings. The van der Waals surface area contributed by atoms with Crippen LogP contribution in [-0.4, -0.2) is 51.7 Å². The number of hydrogen-bond acceptors (Lipinski definition) is 3. The van der Waals surface area contributed by atoms with E-state index in [1.54, 1.807) is 18.2 Å². The van der Waals surface area contributed by atoms with Crippen molar-refractivity contribution in [1.82, 2.24) is 19.6 Å². The minimum absolute atomic E-state index is 0.359. The van der Waals surface area contributed by atoms with Crippen LogP contribution in [0.1, 0.15) is 42.8 Å². The van der Waals surface area contributed by atoms with Crippen molar-refractivity contribution in [3.63, 3.8) is 0 Å². The first kappa shape index (κ1) is 22.8. The highest BCUT2D eigenvalue weighted by molar-refractivity contribution is 6.35. The quantitative estimate of drug-likeness (QED) is 0.564. The molecule has 5 nitrogen and oxygen atoms in total. The van der Waals surface area contributed by atoms with Crippen molar-refractivity contribution in [2.45, 2.75) is 32.4 Å². The number of nitrogens with zero attached hydrogens (tertiary/aromatic N) is 4. The van der Waals surface area contributed by atoms with Crippen LogP contribution < -0.4 is 0 Å². The molecular formula is C19H20Cl2F4N4O. The molecule has 164 valence electrons. The molecule has 11 heteroatoms. The lowest BCUT2D eigenvalue weighted by Crippen LogP contribution is -2.50. The van der Waals surface area contributed by atoms with Gasteiger partial charge in [-0.3, -0.25) is 14.4 Å². The van der Waals surface area contributed by atoms with Crippen LogP contribution in [0.3, 0.4) is 0 Å². The van der Waals surface area contributed by atoms with E-state index in [2.05, 4.69) is 10.00 Å². The van der Waals surface area contributed by atoms with Gasteiger partial charge >= 0.3 is 0 Å². The summed E-state index contributed by atoms with van der Waals surface area (Å²) in [6, 6.07) is 4.79. The van der Waals surface area contributed by atoms with Crippen molar-refractivity contribution in [1.29, 1.82) is 0 Å². The topological polar surface area (TPSA) is 41.4 Å². The van der Waals surface area contributed by atoms with E-state index >= 15 is 0 Å². The van der Waals surface area contributed by atoms with Crippen LogP contribution in [0.15, 0.2) is 24.3 Å². The van der Waals surface area contributed by atoms with E-state index in [1.165, 1.54) is 11.8 Å². The van der Waals surface area contributed by atoms with Gasteiger partial charge in [-0.1, -0.05) is 29.3 Å². The van der Waals surface area contributed by atoms with E-state index in [9.17, 15) is 22.4 Å². The molecule has 0 radical (unpaired) electrons. The maximum absolute atomic E-state index is 13.2.